The maximum atomic E-state index is 11.2. The highest BCUT2D eigenvalue weighted by Gasteiger charge is 2.15. The molecule has 0 N–H and O–H groups in total. The van der Waals surface area contributed by atoms with Gasteiger partial charge in [0.1, 0.15) is 11.4 Å². The number of carbonyl (C=O) groups is 2. The maximum Gasteiger partial charge on any atom is 0.306 e. The van der Waals surface area contributed by atoms with E-state index in [1.807, 2.05) is 0 Å². The van der Waals surface area contributed by atoms with Crippen molar-refractivity contribution in [1.82, 2.24) is 0 Å². The third kappa shape index (κ3) is 8.95. The number of nitriles is 1. The van der Waals surface area contributed by atoms with Crippen LogP contribution in [0.2, 0.25) is 0 Å². The van der Waals surface area contributed by atoms with E-state index in [1.165, 1.54) is 0 Å². The molecule has 0 radical (unpaired) electrons. The molecule has 0 heterocycles. The maximum absolute atomic E-state index is 11.2. The Morgan fingerprint density at radius 1 is 1.27 bits per heavy atom. The fourth-order valence-electron chi connectivity index (χ4n) is 0.999. The quantitative estimate of drug-likeness (QED) is 0.652. The molecule has 84 valence electrons. The van der Waals surface area contributed by atoms with Gasteiger partial charge in [0.15, 0.2) is 0 Å². The third-order valence-corrected chi connectivity index (χ3v) is 1.53. The predicted octanol–water partition coefficient (Wildman–Crippen LogP) is 1.98. The molecule has 0 aliphatic heterocycles. The van der Waals surface area contributed by atoms with Crippen LogP contribution in [-0.2, 0) is 14.3 Å². The fourth-order valence-corrected chi connectivity index (χ4v) is 0.999. The van der Waals surface area contributed by atoms with E-state index in [1.54, 1.807) is 26.8 Å². The predicted molar refractivity (Wildman–Crippen MR) is 54.9 cm³/mol. The first-order valence-electron chi connectivity index (χ1n) is 4.95. The summed E-state index contributed by atoms with van der Waals surface area (Å²) in [6, 6.07) is 1.78. The number of ketones is 1. The van der Waals surface area contributed by atoms with E-state index in [0.717, 1.165) is 0 Å². The lowest BCUT2D eigenvalue weighted by atomic mass is 10.1. The number of Topliss-reactive ketones (excluding diaryl/α,β-unsaturated/α-hetero) is 1. The van der Waals surface area contributed by atoms with Gasteiger partial charge in [0.25, 0.3) is 0 Å². The van der Waals surface area contributed by atoms with Crippen LogP contribution in [0.25, 0.3) is 0 Å². The minimum atomic E-state index is -0.478. The summed E-state index contributed by atoms with van der Waals surface area (Å²) in [5, 5.41) is 8.24. The average molecular weight is 211 g/mol. The molecule has 0 aromatic carbocycles. The van der Waals surface area contributed by atoms with Crippen molar-refractivity contribution < 1.29 is 14.3 Å². The molecule has 0 aliphatic carbocycles. The minimum Gasteiger partial charge on any atom is -0.460 e. The smallest absolute Gasteiger partial charge is 0.306 e. The molecule has 0 aliphatic rings. The van der Waals surface area contributed by atoms with Crippen molar-refractivity contribution in [3.05, 3.63) is 0 Å². The molecule has 0 spiro atoms. The molecule has 4 heteroatoms. The van der Waals surface area contributed by atoms with Crippen LogP contribution in [0.1, 0.15) is 46.5 Å². The van der Waals surface area contributed by atoms with Crippen molar-refractivity contribution in [3.8, 4) is 6.07 Å². The molecule has 15 heavy (non-hydrogen) atoms. The van der Waals surface area contributed by atoms with Gasteiger partial charge in [-0.05, 0) is 27.2 Å². The van der Waals surface area contributed by atoms with E-state index in [4.69, 9.17) is 10.00 Å². The molecule has 0 saturated heterocycles. The number of hydrogen-bond acceptors (Lipinski definition) is 4. The highest BCUT2D eigenvalue weighted by Crippen LogP contribution is 2.10. The van der Waals surface area contributed by atoms with Crippen molar-refractivity contribution in [1.29, 1.82) is 5.26 Å². The van der Waals surface area contributed by atoms with Gasteiger partial charge in [-0.2, -0.15) is 5.26 Å². The van der Waals surface area contributed by atoms with E-state index in [-0.39, 0.29) is 31.0 Å². The normalized spacial score (nSPS) is 10.5. The number of hydrogen-bond donors (Lipinski definition) is 0. The summed E-state index contributed by atoms with van der Waals surface area (Å²) in [5.41, 5.74) is -0.478. The number of carbonyl (C=O) groups excluding carboxylic acids is 2. The second kappa shape index (κ2) is 6.18. The molecule has 0 fully saturated rings. The summed E-state index contributed by atoms with van der Waals surface area (Å²) in [4.78, 5) is 22.1. The van der Waals surface area contributed by atoms with Crippen molar-refractivity contribution >= 4 is 11.8 Å². The Bertz CT molecular complexity index is 271. The van der Waals surface area contributed by atoms with Crippen molar-refractivity contribution in [2.24, 2.45) is 0 Å². The second-order valence-electron chi connectivity index (χ2n) is 4.31. The van der Waals surface area contributed by atoms with Crippen LogP contribution in [-0.4, -0.2) is 17.4 Å². The average Bonchev–Trinajstić information content (AvgIpc) is 2.00. The third-order valence-electron chi connectivity index (χ3n) is 1.53. The van der Waals surface area contributed by atoms with Gasteiger partial charge < -0.3 is 4.74 Å². The van der Waals surface area contributed by atoms with E-state index in [0.29, 0.717) is 6.42 Å². The molecular formula is C11H17NO3. The summed E-state index contributed by atoms with van der Waals surface area (Å²) in [7, 11) is 0. The Labute approximate surface area is 90.2 Å². The molecule has 0 unspecified atom stereocenters. The molecule has 0 aromatic rings. The van der Waals surface area contributed by atoms with E-state index < -0.39 is 5.60 Å². The molecule has 0 aromatic heterocycles. The number of esters is 1. The molecular weight excluding hydrogens is 194 g/mol. The van der Waals surface area contributed by atoms with Gasteiger partial charge in [0.05, 0.1) is 12.5 Å². The fraction of sp³-hybridized carbons (Fsp3) is 0.727. The van der Waals surface area contributed by atoms with Gasteiger partial charge >= 0.3 is 5.97 Å². The van der Waals surface area contributed by atoms with E-state index in [2.05, 4.69) is 0 Å². The van der Waals surface area contributed by atoms with Crippen LogP contribution in [0.4, 0.5) is 0 Å². The lowest BCUT2D eigenvalue weighted by Crippen LogP contribution is -2.23. The van der Waals surface area contributed by atoms with Crippen LogP contribution in [0.5, 0.6) is 0 Å². The number of rotatable bonds is 5. The van der Waals surface area contributed by atoms with Gasteiger partial charge in [0, 0.05) is 12.8 Å². The molecule has 0 amide bonds. The zero-order chi connectivity index (χ0) is 11.9. The van der Waals surface area contributed by atoms with Crippen LogP contribution in [0, 0.1) is 11.3 Å². The van der Waals surface area contributed by atoms with Gasteiger partial charge in [-0.25, -0.2) is 0 Å². The Morgan fingerprint density at radius 2 is 1.87 bits per heavy atom. The molecule has 0 bridgehead atoms. The van der Waals surface area contributed by atoms with Crippen LogP contribution < -0.4 is 0 Å². The Morgan fingerprint density at radius 3 is 2.33 bits per heavy atom. The number of nitrogens with zero attached hydrogens (tertiary/aromatic N) is 1. The zero-order valence-corrected chi connectivity index (χ0v) is 9.50. The first-order chi connectivity index (χ1) is 6.85. The summed E-state index contributed by atoms with van der Waals surface area (Å²) in [5.74, 6) is -0.423. The van der Waals surface area contributed by atoms with Crippen LogP contribution in [0.15, 0.2) is 0 Å². The summed E-state index contributed by atoms with van der Waals surface area (Å²) in [6.45, 7) is 5.39. The van der Waals surface area contributed by atoms with Crippen LogP contribution in [0.3, 0.4) is 0 Å². The van der Waals surface area contributed by atoms with Crippen molar-refractivity contribution in [3.63, 3.8) is 0 Å². The Hall–Kier alpha value is -1.37. The molecule has 0 rings (SSSR count). The van der Waals surface area contributed by atoms with Gasteiger partial charge in [-0.15, -0.1) is 0 Å². The summed E-state index contributed by atoms with van der Waals surface area (Å²) < 4.78 is 5.06. The van der Waals surface area contributed by atoms with E-state index in [9.17, 15) is 9.59 Å². The first kappa shape index (κ1) is 13.6. The van der Waals surface area contributed by atoms with Gasteiger partial charge in [-0.1, -0.05) is 0 Å². The first-order valence-corrected chi connectivity index (χ1v) is 4.95. The molecule has 0 saturated carbocycles. The number of ether oxygens (including phenoxy) is 1. The largest absolute Gasteiger partial charge is 0.460 e. The lowest BCUT2D eigenvalue weighted by Gasteiger charge is -2.19. The zero-order valence-electron chi connectivity index (χ0n) is 9.50. The van der Waals surface area contributed by atoms with Gasteiger partial charge in [-0.3, -0.25) is 9.59 Å². The summed E-state index contributed by atoms with van der Waals surface area (Å²) >= 11 is 0. The monoisotopic (exact) mass is 211 g/mol. The molecule has 4 nitrogen and oxygen atoms in total. The SMILES string of the molecule is CC(C)(C)OC(=O)CCCC(=O)CC#N. The van der Waals surface area contributed by atoms with Crippen molar-refractivity contribution in [2.45, 2.75) is 52.1 Å². The second-order valence-corrected chi connectivity index (χ2v) is 4.31. The molecule has 0 atom stereocenters. The Balaban J connectivity index is 3.66. The minimum absolute atomic E-state index is 0.0751. The van der Waals surface area contributed by atoms with Crippen molar-refractivity contribution in [2.75, 3.05) is 0 Å². The lowest BCUT2D eigenvalue weighted by molar-refractivity contribution is -0.154. The highest BCUT2D eigenvalue weighted by molar-refractivity contribution is 5.80. The van der Waals surface area contributed by atoms with E-state index >= 15 is 0 Å². The highest BCUT2D eigenvalue weighted by atomic mass is 16.6. The Kier molecular flexibility index (Phi) is 5.61. The summed E-state index contributed by atoms with van der Waals surface area (Å²) in [6.07, 6.45) is 0.880. The standard InChI is InChI=1S/C11H17NO3/c1-11(2,3)15-10(14)6-4-5-9(13)7-8-12/h4-7H2,1-3H3. The topological polar surface area (TPSA) is 67.2 Å². The van der Waals surface area contributed by atoms with Crippen LogP contribution >= 0.6 is 0 Å². The van der Waals surface area contributed by atoms with Gasteiger partial charge in [0.2, 0.25) is 0 Å².